The van der Waals surface area contributed by atoms with E-state index in [4.69, 9.17) is 5.11 Å². The minimum atomic E-state index is -0.0199. The number of nitrogens with zero attached hydrogens (tertiary/aromatic N) is 1. The number of pyridine rings is 1. The van der Waals surface area contributed by atoms with Crippen molar-refractivity contribution in [2.45, 2.75) is 32.8 Å². The third-order valence-corrected chi connectivity index (χ3v) is 3.02. The van der Waals surface area contributed by atoms with E-state index in [0.717, 1.165) is 11.3 Å². The van der Waals surface area contributed by atoms with Gasteiger partial charge in [-0.1, -0.05) is 51.1 Å². The molecule has 2 heteroatoms. The number of aromatic nitrogens is 1. The van der Waals surface area contributed by atoms with E-state index in [0.29, 0.717) is 5.69 Å². The molecule has 1 heterocycles. The number of hydrogen-bond acceptors (Lipinski definition) is 2. The number of rotatable bonds is 2. The Labute approximate surface area is 108 Å². The average Bonchev–Trinajstić information content (AvgIpc) is 2.38. The van der Waals surface area contributed by atoms with Crippen molar-refractivity contribution in [3.8, 4) is 11.3 Å². The third kappa shape index (κ3) is 2.77. The van der Waals surface area contributed by atoms with Crippen LogP contribution in [0.1, 0.15) is 32.0 Å². The second kappa shape index (κ2) is 4.91. The molecule has 0 saturated carbocycles. The highest BCUT2D eigenvalue weighted by Gasteiger charge is 2.13. The Morgan fingerprint density at radius 2 is 1.67 bits per heavy atom. The molecular formula is C16H19NO. The fraction of sp³-hybridized carbons (Fsp3) is 0.312. The van der Waals surface area contributed by atoms with Crippen molar-refractivity contribution >= 4 is 0 Å². The first-order valence-electron chi connectivity index (χ1n) is 6.18. The zero-order chi connectivity index (χ0) is 13.2. The van der Waals surface area contributed by atoms with Gasteiger partial charge in [0.25, 0.3) is 0 Å². The zero-order valence-corrected chi connectivity index (χ0v) is 11.1. The predicted molar refractivity (Wildman–Crippen MR) is 74.3 cm³/mol. The molecule has 0 unspecified atom stereocenters. The summed E-state index contributed by atoms with van der Waals surface area (Å²) in [7, 11) is 0. The Bertz CT molecular complexity index is 524. The van der Waals surface area contributed by atoms with Gasteiger partial charge in [-0.05, 0) is 23.1 Å². The van der Waals surface area contributed by atoms with Crippen LogP contribution < -0.4 is 0 Å². The zero-order valence-electron chi connectivity index (χ0n) is 11.1. The summed E-state index contributed by atoms with van der Waals surface area (Å²) in [5, 5.41) is 9.10. The first-order valence-corrected chi connectivity index (χ1v) is 6.18. The minimum absolute atomic E-state index is 0.0199. The molecule has 0 bridgehead atoms. The first kappa shape index (κ1) is 12.8. The molecule has 0 fully saturated rings. The average molecular weight is 241 g/mol. The predicted octanol–water partition coefficient (Wildman–Crippen LogP) is 3.54. The van der Waals surface area contributed by atoms with E-state index in [2.05, 4.69) is 50.0 Å². The Morgan fingerprint density at radius 1 is 1.00 bits per heavy atom. The molecule has 0 aliphatic rings. The van der Waals surface area contributed by atoms with Crippen LogP contribution in [0.15, 0.2) is 42.5 Å². The highest BCUT2D eigenvalue weighted by atomic mass is 16.3. The van der Waals surface area contributed by atoms with Gasteiger partial charge < -0.3 is 5.11 Å². The van der Waals surface area contributed by atoms with E-state index in [1.807, 2.05) is 18.2 Å². The lowest BCUT2D eigenvalue weighted by atomic mass is 9.86. The smallest absolute Gasteiger partial charge is 0.0853 e. The monoisotopic (exact) mass is 241 g/mol. The van der Waals surface area contributed by atoms with Crippen molar-refractivity contribution in [2.24, 2.45) is 0 Å². The summed E-state index contributed by atoms with van der Waals surface area (Å²) >= 11 is 0. The molecule has 1 N–H and O–H groups in total. The van der Waals surface area contributed by atoms with Crippen LogP contribution in [-0.4, -0.2) is 10.1 Å². The van der Waals surface area contributed by atoms with Crippen molar-refractivity contribution < 1.29 is 5.11 Å². The second-order valence-electron chi connectivity index (χ2n) is 5.50. The van der Waals surface area contributed by atoms with Crippen LogP contribution in [0.25, 0.3) is 11.3 Å². The van der Waals surface area contributed by atoms with Crippen LogP contribution in [0.5, 0.6) is 0 Å². The lowest BCUT2D eigenvalue weighted by Crippen LogP contribution is -2.10. The van der Waals surface area contributed by atoms with Crippen LogP contribution in [0.3, 0.4) is 0 Å². The Hall–Kier alpha value is -1.67. The van der Waals surface area contributed by atoms with Gasteiger partial charge in [-0.3, -0.25) is 4.98 Å². The number of aliphatic hydroxyl groups is 1. The van der Waals surface area contributed by atoms with Crippen LogP contribution in [-0.2, 0) is 12.0 Å². The van der Waals surface area contributed by atoms with E-state index in [1.54, 1.807) is 0 Å². The van der Waals surface area contributed by atoms with Gasteiger partial charge in [0.1, 0.15) is 0 Å². The van der Waals surface area contributed by atoms with Gasteiger partial charge >= 0.3 is 0 Å². The van der Waals surface area contributed by atoms with Gasteiger partial charge in [0.2, 0.25) is 0 Å². The van der Waals surface area contributed by atoms with Crippen molar-refractivity contribution in [3.05, 3.63) is 53.7 Å². The van der Waals surface area contributed by atoms with Crippen LogP contribution in [0, 0.1) is 0 Å². The molecule has 0 spiro atoms. The molecule has 0 atom stereocenters. The second-order valence-corrected chi connectivity index (χ2v) is 5.50. The van der Waals surface area contributed by atoms with E-state index < -0.39 is 0 Å². The van der Waals surface area contributed by atoms with Crippen molar-refractivity contribution in [3.63, 3.8) is 0 Å². The highest BCUT2D eigenvalue weighted by Crippen LogP contribution is 2.25. The standard InChI is InChI=1S/C16H19NO/c1-16(2,3)13-9-7-12(8-10-13)15-6-4-5-14(11-18)17-15/h4-10,18H,11H2,1-3H3. The molecule has 18 heavy (non-hydrogen) atoms. The number of benzene rings is 1. The minimum Gasteiger partial charge on any atom is -0.390 e. The highest BCUT2D eigenvalue weighted by molar-refractivity contribution is 5.59. The summed E-state index contributed by atoms with van der Waals surface area (Å²) in [4.78, 5) is 4.40. The molecule has 1 aromatic carbocycles. The molecule has 0 aliphatic heterocycles. The normalized spacial score (nSPS) is 11.6. The maximum absolute atomic E-state index is 9.10. The number of aliphatic hydroxyl groups excluding tert-OH is 1. The van der Waals surface area contributed by atoms with E-state index in [9.17, 15) is 0 Å². The molecule has 0 saturated heterocycles. The van der Waals surface area contributed by atoms with Crippen molar-refractivity contribution in [2.75, 3.05) is 0 Å². The topological polar surface area (TPSA) is 33.1 Å². The Kier molecular flexibility index (Phi) is 3.48. The molecule has 0 aliphatic carbocycles. The van der Waals surface area contributed by atoms with Gasteiger partial charge in [-0.25, -0.2) is 0 Å². The maximum Gasteiger partial charge on any atom is 0.0853 e. The summed E-state index contributed by atoms with van der Waals surface area (Å²) in [6.07, 6.45) is 0. The molecule has 2 nitrogen and oxygen atoms in total. The fourth-order valence-electron chi connectivity index (χ4n) is 1.87. The largest absolute Gasteiger partial charge is 0.390 e. The van der Waals surface area contributed by atoms with Gasteiger partial charge in [0, 0.05) is 5.56 Å². The maximum atomic E-state index is 9.10. The molecule has 2 aromatic rings. The van der Waals surface area contributed by atoms with E-state index in [-0.39, 0.29) is 12.0 Å². The van der Waals surface area contributed by atoms with Gasteiger partial charge in [0.15, 0.2) is 0 Å². The van der Waals surface area contributed by atoms with Crippen LogP contribution in [0.4, 0.5) is 0 Å². The van der Waals surface area contributed by atoms with Gasteiger partial charge in [0.05, 0.1) is 18.0 Å². The van der Waals surface area contributed by atoms with E-state index in [1.165, 1.54) is 5.56 Å². The Morgan fingerprint density at radius 3 is 2.22 bits per heavy atom. The molecule has 94 valence electrons. The lowest BCUT2D eigenvalue weighted by Gasteiger charge is -2.19. The summed E-state index contributed by atoms with van der Waals surface area (Å²) in [6, 6.07) is 14.2. The van der Waals surface area contributed by atoms with Gasteiger partial charge in [-0.15, -0.1) is 0 Å². The SMILES string of the molecule is CC(C)(C)c1ccc(-c2cccc(CO)n2)cc1. The molecular weight excluding hydrogens is 222 g/mol. The number of hydrogen-bond donors (Lipinski definition) is 1. The first-order chi connectivity index (χ1) is 8.50. The lowest BCUT2D eigenvalue weighted by molar-refractivity contribution is 0.277. The summed E-state index contributed by atoms with van der Waals surface area (Å²) in [5.41, 5.74) is 4.16. The van der Waals surface area contributed by atoms with Crippen LogP contribution >= 0.6 is 0 Å². The molecule has 1 aromatic heterocycles. The van der Waals surface area contributed by atoms with Gasteiger partial charge in [-0.2, -0.15) is 0 Å². The summed E-state index contributed by atoms with van der Waals surface area (Å²) in [5.74, 6) is 0. The van der Waals surface area contributed by atoms with Crippen molar-refractivity contribution in [1.82, 2.24) is 4.98 Å². The Balaban J connectivity index is 2.34. The third-order valence-electron chi connectivity index (χ3n) is 3.02. The molecule has 0 radical (unpaired) electrons. The summed E-state index contributed by atoms with van der Waals surface area (Å²) in [6.45, 7) is 6.58. The van der Waals surface area contributed by atoms with E-state index >= 15 is 0 Å². The quantitative estimate of drug-likeness (QED) is 0.872. The molecule has 2 rings (SSSR count). The fourth-order valence-corrected chi connectivity index (χ4v) is 1.87. The molecule has 0 amide bonds. The summed E-state index contributed by atoms with van der Waals surface area (Å²) < 4.78 is 0. The van der Waals surface area contributed by atoms with Crippen molar-refractivity contribution in [1.29, 1.82) is 0 Å². The van der Waals surface area contributed by atoms with Crippen LogP contribution in [0.2, 0.25) is 0 Å².